The molecule has 0 heterocycles. The van der Waals surface area contributed by atoms with E-state index in [1.165, 1.54) is 240 Å². The third-order valence-corrected chi connectivity index (χ3v) is 25.8. The lowest BCUT2D eigenvalue weighted by Gasteiger charge is -2.20. The van der Waals surface area contributed by atoms with Gasteiger partial charge >= 0.3 is 0 Å². The van der Waals surface area contributed by atoms with Gasteiger partial charge in [-0.05, 0) is 263 Å². The van der Waals surface area contributed by atoms with Crippen molar-refractivity contribution in [2.24, 2.45) is 0 Å². The standard InChI is InChI=1S/C44H26.C40H26.C36H34/c1-3-11-31-29(9-1)25-41(35-15-7-5-13-33(31)35)37-21-17-27-20-24-40-38(22-18-28-19-23-39(37)43(27)44(28)40)42-26-30-10-2-4-12-32(30)34-14-6-8-16-36(34)42;1-3-7-27(8-4-1)29-11-15-31(16-12-29)35-23-19-33-22-26-38-36(24-20-34-21-25-37(35)39(33)40(34)38)32-17-13-30(14-18-32)28-9-5-2-6-10-28;1-35(2,3)27-15-7-23(8-16-27)29-19-11-25-14-22-32-30(24-9-17-28(18-10-24)36(4,5)6)20-12-26-13-21-31(29)33(25)34(26)32/h1-26H;1-26H;7-22H,1-6H3. The molecule has 566 valence electrons. The Bertz CT molecular complexity index is 7600. The van der Waals surface area contributed by atoms with Crippen molar-refractivity contribution in [3.05, 3.63) is 424 Å². The van der Waals surface area contributed by atoms with Crippen LogP contribution in [0.1, 0.15) is 52.7 Å². The summed E-state index contributed by atoms with van der Waals surface area (Å²) >= 11 is 0. The monoisotopic (exact) mass is 1530 g/mol. The largest absolute Gasteiger partial charge is 0.0622 e. The highest BCUT2D eigenvalue weighted by atomic mass is 14.3. The van der Waals surface area contributed by atoms with Gasteiger partial charge < -0.3 is 0 Å². The molecule has 0 amide bonds. The van der Waals surface area contributed by atoms with Gasteiger partial charge in [0.25, 0.3) is 0 Å². The maximum Gasteiger partial charge on any atom is -0.00203 e. The van der Waals surface area contributed by atoms with Gasteiger partial charge in [-0.2, -0.15) is 0 Å². The molecule has 0 N–H and O–H groups in total. The number of rotatable bonds is 8. The minimum absolute atomic E-state index is 0.155. The summed E-state index contributed by atoms with van der Waals surface area (Å²) in [6.45, 7) is 13.6. The quantitative estimate of drug-likeness (QED) is 0.133. The van der Waals surface area contributed by atoms with Gasteiger partial charge in [0.15, 0.2) is 0 Å². The molecule has 0 aliphatic carbocycles. The first-order valence-electron chi connectivity index (χ1n) is 42.2. The topological polar surface area (TPSA) is 0 Å². The van der Waals surface area contributed by atoms with Crippen LogP contribution in [0.25, 0.3) is 229 Å². The first kappa shape index (κ1) is 71.9. The molecule has 0 fully saturated rings. The zero-order chi connectivity index (χ0) is 80.5. The number of hydrogen-bond acceptors (Lipinski definition) is 0. The van der Waals surface area contributed by atoms with E-state index in [4.69, 9.17) is 0 Å². The minimum Gasteiger partial charge on any atom is -0.0622 e. The van der Waals surface area contributed by atoms with Crippen LogP contribution in [0.5, 0.6) is 0 Å². The fraction of sp³-hybridized carbons (Fsp3) is 0.0667. The Hall–Kier alpha value is -14.6. The van der Waals surface area contributed by atoms with E-state index in [0.29, 0.717) is 0 Å². The van der Waals surface area contributed by atoms with Crippen LogP contribution in [0.15, 0.2) is 413 Å². The van der Waals surface area contributed by atoms with Crippen molar-refractivity contribution in [1.82, 2.24) is 0 Å². The van der Waals surface area contributed by atoms with Crippen LogP contribution in [0.3, 0.4) is 0 Å². The number of fused-ring (bicyclic) bond motifs is 6. The molecule has 0 aliphatic heterocycles. The van der Waals surface area contributed by atoms with Gasteiger partial charge in [-0.15, -0.1) is 0 Å². The first-order valence-corrected chi connectivity index (χ1v) is 42.2. The third-order valence-electron chi connectivity index (χ3n) is 25.8. The second kappa shape index (κ2) is 28.7. The summed E-state index contributed by atoms with van der Waals surface area (Å²) in [5.41, 5.74) is 23.4. The molecule has 0 aromatic heterocycles. The first-order chi connectivity index (χ1) is 58.8. The van der Waals surface area contributed by atoms with Crippen LogP contribution in [-0.2, 0) is 10.8 Å². The van der Waals surface area contributed by atoms with E-state index in [1.54, 1.807) is 0 Å². The normalized spacial score (nSPS) is 12.1. The van der Waals surface area contributed by atoms with Gasteiger partial charge in [-0.3, -0.25) is 0 Å². The highest BCUT2D eigenvalue weighted by molar-refractivity contribution is 6.32. The molecular weight excluding hydrogens is 1440 g/mol. The van der Waals surface area contributed by atoms with Gasteiger partial charge in [0.1, 0.15) is 0 Å². The molecule has 0 spiro atoms. The lowest BCUT2D eigenvalue weighted by Crippen LogP contribution is -2.10. The van der Waals surface area contributed by atoms with Crippen molar-refractivity contribution in [2.45, 2.75) is 52.4 Å². The van der Waals surface area contributed by atoms with Crippen molar-refractivity contribution in [2.75, 3.05) is 0 Å². The van der Waals surface area contributed by atoms with Crippen LogP contribution in [0.2, 0.25) is 0 Å². The fourth-order valence-electron chi connectivity index (χ4n) is 19.7. The molecule has 24 rings (SSSR count). The van der Waals surface area contributed by atoms with Crippen molar-refractivity contribution >= 4 is 140 Å². The van der Waals surface area contributed by atoms with Crippen LogP contribution in [0.4, 0.5) is 0 Å². The Kier molecular flexibility index (Phi) is 17.2. The summed E-state index contributed by atoms with van der Waals surface area (Å²) in [4.78, 5) is 0. The van der Waals surface area contributed by atoms with Crippen LogP contribution in [-0.4, -0.2) is 0 Å². The molecule has 0 heteroatoms. The smallest absolute Gasteiger partial charge is 0.00203 e. The molecule has 120 heavy (non-hydrogen) atoms. The maximum absolute atomic E-state index is 2.39. The van der Waals surface area contributed by atoms with E-state index in [2.05, 4.69) is 454 Å². The Balaban J connectivity index is 0.000000109. The Labute approximate surface area is 700 Å². The second-order valence-corrected chi connectivity index (χ2v) is 34.9. The van der Waals surface area contributed by atoms with Gasteiger partial charge in [-0.1, -0.05) is 442 Å². The van der Waals surface area contributed by atoms with Crippen molar-refractivity contribution < 1.29 is 0 Å². The summed E-state index contributed by atoms with van der Waals surface area (Å²) in [6.07, 6.45) is 0. The molecule has 0 atom stereocenters. The molecule has 0 radical (unpaired) electrons. The van der Waals surface area contributed by atoms with Gasteiger partial charge in [0, 0.05) is 0 Å². The summed E-state index contributed by atoms with van der Waals surface area (Å²) in [7, 11) is 0. The van der Waals surface area contributed by atoms with Crippen molar-refractivity contribution in [3.63, 3.8) is 0 Å². The molecule has 0 unspecified atom stereocenters. The van der Waals surface area contributed by atoms with E-state index in [1.807, 2.05) is 0 Å². The number of hydrogen-bond donors (Lipinski definition) is 0. The SMILES string of the molecule is CC(C)(C)c1ccc(-c2ccc3ccc4c(-c5ccc(C(C)(C)C)cc5)ccc5ccc2c3c54)cc1.c1ccc(-c2ccc(-c3ccc4ccc5c(-c6ccc(-c7ccccc7)cc6)ccc6ccc3c4c65)cc2)cc1.c1ccc2c(c1)cc(-c1ccc3ccc4c(-c5cc6ccccc6c6ccccc56)ccc5ccc1c3c54)c1ccccc12. The number of benzene rings is 24. The molecule has 24 aromatic carbocycles. The van der Waals surface area contributed by atoms with E-state index >= 15 is 0 Å². The summed E-state index contributed by atoms with van der Waals surface area (Å²) < 4.78 is 0. The summed E-state index contributed by atoms with van der Waals surface area (Å²) in [5.74, 6) is 0. The minimum atomic E-state index is 0.155. The highest BCUT2D eigenvalue weighted by Crippen LogP contribution is 2.50. The van der Waals surface area contributed by atoms with Crippen LogP contribution < -0.4 is 0 Å². The molecular formula is C120H86. The zero-order valence-corrected chi connectivity index (χ0v) is 68.3. The van der Waals surface area contributed by atoms with Gasteiger partial charge in [0.05, 0.1) is 0 Å². The third kappa shape index (κ3) is 12.3. The van der Waals surface area contributed by atoms with E-state index in [-0.39, 0.29) is 10.8 Å². The van der Waals surface area contributed by atoms with E-state index in [9.17, 15) is 0 Å². The predicted molar refractivity (Wildman–Crippen MR) is 521 cm³/mol. The Morgan fingerprint density at radius 3 is 0.617 bits per heavy atom. The van der Waals surface area contributed by atoms with Crippen molar-refractivity contribution in [3.8, 4) is 89.0 Å². The Morgan fingerprint density at radius 2 is 0.333 bits per heavy atom. The average molecular weight is 1530 g/mol. The van der Waals surface area contributed by atoms with Gasteiger partial charge in [0.2, 0.25) is 0 Å². The molecule has 0 nitrogen and oxygen atoms in total. The van der Waals surface area contributed by atoms with E-state index in [0.717, 1.165) is 0 Å². The lowest BCUT2D eigenvalue weighted by molar-refractivity contribution is 0.590. The molecule has 0 saturated carbocycles. The van der Waals surface area contributed by atoms with Crippen LogP contribution >= 0.6 is 0 Å². The molecule has 0 saturated heterocycles. The zero-order valence-electron chi connectivity index (χ0n) is 68.3. The second-order valence-electron chi connectivity index (χ2n) is 34.9. The van der Waals surface area contributed by atoms with Crippen molar-refractivity contribution in [1.29, 1.82) is 0 Å². The molecule has 24 aromatic rings. The fourth-order valence-corrected chi connectivity index (χ4v) is 19.7. The molecule has 0 bridgehead atoms. The summed E-state index contributed by atoms with van der Waals surface area (Å²) in [5, 5.41) is 34.1. The van der Waals surface area contributed by atoms with Crippen LogP contribution in [0, 0.1) is 0 Å². The lowest BCUT2D eigenvalue weighted by atomic mass is 9.84. The Morgan fingerprint density at radius 1 is 0.125 bits per heavy atom. The van der Waals surface area contributed by atoms with E-state index < -0.39 is 0 Å². The predicted octanol–water partition coefficient (Wildman–Crippen LogP) is 34.3. The maximum atomic E-state index is 2.39. The highest BCUT2D eigenvalue weighted by Gasteiger charge is 2.23. The van der Waals surface area contributed by atoms with Gasteiger partial charge in [-0.25, -0.2) is 0 Å². The molecule has 0 aliphatic rings. The average Bonchev–Trinajstić information content (AvgIpc) is 0.721. The summed E-state index contributed by atoms with van der Waals surface area (Å²) in [6, 6.07) is 153.